The van der Waals surface area contributed by atoms with Gasteiger partial charge in [0.2, 0.25) is 5.78 Å². The molecule has 3 rings (SSSR count). The standard InChI is InChI=1S/C21H21NO6/c1-3-11-27-15-8-6-14(7-9-15)18-17(19(23)16-5-4-12-28-16)20(24)21(25)22(18)10-13-26-2/h3-9,12,18,24H,1,10-11,13H2,2H3/t18-/m0/s1. The summed E-state index contributed by atoms with van der Waals surface area (Å²) in [6, 6.07) is 9.30. The van der Waals surface area contributed by atoms with Crippen molar-refractivity contribution in [3.8, 4) is 5.75 Å². The van der Waals surface area contributed by atoms with E-state index in [1.807, 2.05) is 0 Å². The highest BCUT2D eigenvalue weighted by Crippen LogP contribution is 2.39. The van der Waals surface area contributed by atoms with Gasteiger partial charge >= 0.3 is 0 Å². The molecular formula is C21H21NO6. The van der Waals surface area contributed by atoms with E-state index in [1.165, 1.54) is 24.3 Å². The molecule has 2 heterocycles. The molecule has 7 heteroatoms. The van der Waals surface area contributed by atoms with E-state index in [-0.39, 0.29) is 24.5 Å². The molecule has 0 radical (unpaired) electrons. The Morgan fingerprint density at radius 3 is 2.68 bits per heavy atom. The second-order valence-corrected chi connectivity index (χ2v) is 6.13. The molecule has 28 heavy (non-hydrogen) atoms. The third-order valence-corrected chi connectivity index (χ3v) is 4.39. The normalized spacial score (nSPS) is 16.5. The minimum atomic E-state index is -0.756. The summed E-state index contributed by atoms with van der Waals surface area (Å²) < 4.78 is 15.7. The van der Waals surface area contributed by atoms with E-state index < -0.39 is 23.5 Å². The van der Waals surface area contributed by atoms with Gasteiger partial charge in [-0.3, -0.25) is 9.59 Å². The van der Waals surface area contributed by atoms with Crippen molar-refractivity contribution in [3.05, 3.63) is 78.0 Å². The first-order valence-corrected chi connectivity index (χ1v) is 8.73. The summed E-state index contributed by atoms with van der Waals surface area (Å²) in [5.41, 5.74) is 0.644. The van der Waals surface area contributed by atoms with Gasteiger partial charge in [-0.1, -0.05) is 24.8 Å². The number of furan rings is 1. The Balaban J connectivity index is 1.99. The molecule has 1 aliphatic rings. The summed E-state index contributed by atoms with van der Waals surface area (Å²) in [5, 5.41) is 10.4. The van der Waals surface area contributed by atoms with Crippen molar-refractivity contribution < 1.29 is 28.6 Å². The van der Waals surface area contributed by atoms with E-state index in [0.29, 0.717) is 17.9 Å². The molecule has 1 aliphatic heterocycles. The number of hydrogen-bond donors (Lipinski definition) is 1. The average Bonchev–Trinajstić information content (AvgIpc) is 3.33. The summed E-state index contributed by atoms with van der Waals surface area (Å²) in [6.45, 7) is 4.45. The Kier molecular flexibility index (Phi) is 5.96. The van der Waals surface area contributed by atoms with Crippen LogP contribution in [-0.2, 0) is 9.53 Å². The molecule has 2 aromatic rings. The van der Waals surface area contributed by atoms with Crippen molar-refractivity contribution in [2.45, 2.75) is 6.04 Å². The van der Waals surface area contributed by atoms with Crippen LogP contribution in [0.2, 0.25) is 0 Å². The Morgan fingerprint density at radius 2 is 2.07 bits per heavy atom. The third-order valence-electron chi connectivity index (χ3n) is 4.39. The van der Waals surface area contributed by atoms with Crippen LogP contribution in [0.25, 0.3) is 0 Å². The Hall–Kier alpha value is -3.32. The maximum absolute atomic E-state index is 12.9. The van der Waals surface area contributed by atoms with Gasteiger partial charge in [0.25, 0.3) is 5.91 Å². The molecule has 1 N–H and O–H groups in total. The number of aliphatic hydroxyl groups excluding tert-OH is 1. The molecule has 1 aromatic carbocycles. The zero-order chi connectivity index (χ0) is 20.1. The van der Waals surface area contributed by atoms with E-state index >= 15 is 0 Å². The fourth-order valence-corrected chi connectivity index (χ4v) is 3.09. The number of ketones is 1. The fraction of sp³-hybridized carbons (Fsp3) is 0.238. The number of Topliss-reactive ketones (excluding diaryl/α,β-unsaturated/α-hetero) is 1. The van der Waals surface area contributed by atoms with E-state index in [2.05, 4.69) is 6.58 Å². The van der Waals surface area contributed by atoms with Gasteiger partial charge in [0, 0.05) is 13.7 Å². The highest BCUT2D eigenvalue weighted by Gasteiger charge is 2.44. The predicted octanol–water partition coefficient (Wildman–Crippen LogP) is 3.07. The highest BCUT2D eigenvalue weighted by molar-refractivity contribution is 6.15. The molecule has 1 atom stereocenters. The first kappa shape index (κ1) is 19.4. The van der Waals surface area contributed by atoms with Crippen molar-refractivity contribution in [2.75, 3.05) is 26.9 Å². The number of carbonyl (C=O) groups excluding carboxylic acids is 2. The first-order chi connectivity index (χ1) is 13.6. The summed E-state index contributed by atoms with van der Waals surface area (Å²) in [4.78, 5) is 27.0. The molecule has 0 aliphatic carbocycles. The minimum Gasteiger partial charge on any atom is -0.503 e. The number of nitrogens with zero attached hydrogens (tertiary/aromatic N) is 1. The summed E-state index contributed by atoms with van der Waals surface area (Å²) in [6.07, 6.45) is 3.00. The summed E-state index contributed by atoms with van der Waals surface area (Å²) >= 11 is 0. The molecule has 1 amide bonds. The predicted molar refractivity (Wildman–Crippen MR) is 101 cm³/mol. The maximum Gasteiger partial charge on any atom is 0.290 e. The number of carbonyl (C=O) groups is 2. The molecule has 146 valence electrons. The van der Waals surface area contributed by atoms with Crippen LogP contribution in [0.5, 0.6) is 5.75 Å². The maximum atomic E-state index is 12.9. The van der Waals surface area contributed by atoms with Crippen molar-refractivity contribution in [1.29, 1.82) is 0 Å². The topological polar surface area (TPSA) is 89.2 Å². The van der Waals surface area contributed by atoms with Gasteiger partial charge in [0.15, 0.2) is 11.5 Å². The van der Waals surface area contributed by atoms with Crippen LogP contribution in [0.1, 0.15) is 22.2 Å². The van der Waals surface area contributed by atoms with Gasteiger partial charge in [0.1, 0.15) is 12.4 Å². The lowest BCUT2D eigenvalue weighted by Gasteiger charge is -2.26. The van der Waals surface area contributed by atoms with Crippen molar-refractivity contribution in [2.24, 2.45) is 0 Å². The number of benzene rings is 1. The van der Waals surface area contributed by atoms with E-state index in [4.69, 9.17) is 13.9 Å². The molecule has 7 nitrogen and oxygen atoms in total. The second kappa shape index (κ2) is 8.58. The van der Waals surface area contributed by atoms with Crippen LogP contribution >= 0.6 is 0 Å². The Labute approximate surface area is 162 Å². The number of methoxy groups -OCH3 is 1. The highest BCUT2D eigenvalue weighted by atomic mass is 16.5. The fourth-order valence-electron chi connectivity index (χ4n) is 3.09. The van der Waals surface area contributed by atoms with Crippen LogP contribution in [-0.4, -0.2) is 48.6 Å². The molecule has 0 saturated carbocycles. The summed E-state index contributed by atoms with van der Waals surface area (Å²) in [5.74, 6) is -1.05. The number of ether oxygens (including phenoxy) is 2. The second-order valence-electron chi connectivity index (χ2n) is 6.13. The molecular weight excluding hydrogens is 362 g/mol. The van der Waals surface area contributed by atoms with Gasteiger partial charge in [-0.2, -0.15) is 0 Å². The number of amides is 1. The van der Waals surface area contributed by atoms with E-state index in [1.54, 1.807) is 36.4 Å². The van der Waals surface area contributed by atoms with Crippen LogP contribution in [0, 0.1) is 0 Å². The van der Waals surface area contributed by atoms with E-state index in [0.717, 1.165) is 0 Å². The van der Waals surface area contributed by atoms with Crippen molar-refractivity contribution in [3.63, 3.8) is 0 Å². The Morgan fingerprint density at radius 1 is 1.32 bits per heavy atom. The summed E-state index contributed by atoms with van der Waals surface area (Å²) in [7, 11) is 1.52. The van der Waals surface area contributed by atoms with Gasteiger partial charge in [0.05, 0.1) is 24.5 Å². The lowest BCUT2D eigenvalue weighted by atomic mass is 9.95. The first-order valence-electron chi connectivity index (χ1n) is 8.73. The zero-order valence-electron chi connectivity index (χ0n) is 15.5. The van der Waals surface area contributed by atoms with Crippen molar-refractivity contribution in [1.82, 2.24) is 4.90 Å². The van der Waals surface area contributed by atoms with Gasteiger partial charge in [-0.05, 0) is 29.8 Å². The van der Waals surface area contributed by atoms with Crippen molar-refractivity contribution >= 4 is 11.7 Å². The number of hydrogen-bond acceptors (Lipinski definition) is 6. The molecule has 0 saturated heterocycles. The van der Waals surface area contributed by atoms with Crippen LogP contribution in [0.3, 0.4) is 0 Å². The smallest absolute Gasteiger partial charge is 0.290 e. The molecule has 0 fully saturated rings. The van der Waals surface area contributed by atoms with E-state index in [9.17, 15) is 14.7 Å². The average molecular weight is 383 g/mol. The van der Waals surface area contributed by atoms with Crippen LogP contribution in [0.15, 0.2) is 71.1 Å². The monoisotopic (exact) mass is 383 g/mol. The number of aliphatic hydroxyl groups is 1. The SMILES string of the molecule is C=CCOc1ccc([C@H]2C(C(=O)c3ccco3)=C(O)C(=O)N2CCOC)cc1. The Bertz CT molecular complexity index is 882. The van der Waals surface area contributed by atoms with Crippen LogP contribution in [0.4, 0.5) is 0 Å². The zero-order valence-corrected chi connectivity index (χ0v) is 15.5. The molecule has 0 bridgehead atoms. The lowest BCUT2D eigenvalue weighted by Crippen LogP contribution is -2.33. The van der Waals surface area contributed by atoms with Crippen LogP contribution < -0.4 is 4.74 Å². The van der Waals surface area contributed by atoms with Gasteiger partial charge in [-0.25, -0.2) is 0 Å². The molecule has 0 spiro atoms. The minimum absolute atomic E-state index is 0.0178. The largest absolute Gasteiger partial charge is 0.503 e. The number of rotatable bonds is 9. The molecule has 0 unspecified atom stereocenters. The lowest BCUT2D eigenvalue weighted by molar-refractivity contribution is -0.130. The van der Waals surface area contributed by atoms with Gasteiger partial charge in [-0.15, -0.1) is 0 Å². The molecule has 1 aromatic heterocycles. The third kappa shape index (κ3) is 3.70. The van der Waals surface area contributed by atoms with Gasteiger partial charge < -0.3 is 23.9 Å². The quantitative estimate of drug-likeness (QED) is 0.529.